The number of anilines is 1. The largest absolute Gasteiger partial charge is 0.452 e. The van der Waals surface area contributed by atoms with Crippen molar-refractivity contribution in [2.75, 3.05) is 31.6 Å². The second kappa shape index (κ2) is 11.3. The highest BCUT2D eigenvalue weighted by molar-refractivity contribution is 5.95. The number of benzene rings is 1. The molecule has 0 spiro atoms. The molecule has 0 aliphatic carbocycles. The van der Waals surface area contributed by atoms with E-state index in [0.29, 0.717) is 38.3 Å². The molecule has 2 aromatic heterocycles. The van der Waals surface area contributed by atoms with E-state index in [9.17, 15) is 19.2 Å². The van der Waals surface area contributed by atoms with E-state index in [1.807, 2.05) is 29.7 Å². The number of amides is 3. The van der Waals surface area contributed by atoms with Crippen LogP contribution >= 0.6 is 0 Å². The lowest BCUT2D eigenvalue weighted by molar-refractivity contribution is -0.128. The molecule has 4 heterocycles. The van der Waals surface area contributed by atoms with Crippen LogP contribution in [0.2, 0.25) is 0 Å². The minimum Gasteiger partial charge on any atom is -0.452 e. The van der Waals surface area contributed by atoms with Gasteiger partial charge >= 0.3 is 6.09 Å². The smallest absolute Gasteiger partial charge is 0.414 e. The van der Waals surface area contributed by atoms with E-state index in [-0.39, 0.29) is 30.0 Å². The first-order chi connectivity index (χ1) is 18.9. The Hall–Kier alpha value is -4.15. The number of nitrogens with zero attached hydrogens (tertiary/aromatic N) is 5. The van der Waals surface area contributed by atoms with Crippen LogP contribution in [0.5, 0.6) is 0 Å². The zero-order valence-corrected chi connectivity index (χ0v) is 22.4. The maximum absolute atomic E-state index is 13.0. The van der Waals surface area contributed by atoms with Crippen LogP contribution in [0.15, 0.2) is 41.3 Å². The SMILES string of the molecule is COC(=O)N1c2ccc3c(nc(CCn4ccccc4=O)n3CC(=O)NCCN3CCCC3=O)c2CC[C@@H]1C. The highest BCUT2D eigenvalue weighted by atomic mass is 16.5. The first-order valence-corrected chi connectivity index (χ1v) is 13.5. The summed E-state index contributed by atoms with van der Waals surface area (Å²) in [5, 5.41) is 2.93. The Bertz CT molecular complexity index is 1460. The van der Waals surface area contributed by atoms with Crippen molar-refractivity contribution >= 4 is 34.6 Å². The zero-order chi connectivity index (χ0) is 27.5. The molecule has 0 unspecified atom stereocenters. The minimum absolute atomic E-state index is 0.0119. The van der Waals surface area contributed by atoms with Gasteiger partial charge in [-0.2, -0.15) is 0 Å². The second-order valence-corrected chi connectivity index (χ2v) is 10.1. The van der Waals surface area contributed by atoms with Gasteiger partial charge in [0.1, 0.15) is 12.4 Å². The molecule has 1 saturated heterocycles. The van der Waals surface area contributed by atoms with Crippen molar-refractivity contribution in [2.45, 2.75) is 58.2 Å². The van der Waals surface area contributed by atoms with Gasteiger partial charge in [0.25, 0.3) is 5.56 Å². The summed E-state index contributed by atoms with van der Waals surface area (Å²) >= 11 is 0. The molecule has 39 heavy (non-hydrogen) atoms. The highest BCUT2D eigenvalue weighted by Gasteiger charge is 2.31. The summed E-state index contributed by atoms with van der Waals surface area (Å²) in [6.07, 6.45) is 4.70. The third kappa shape index (κ3) is 5.39. The molecule has 1 atom stereocenters. The number of imidazole rings is 1. The van der Waals surface area contributed by atoms with E-state index in [2.05, 4.69) is 5.32 Å². The number of hydrogen-bond donors (Lipinski definition) is 1. The standard InChI is InChI=1S/C28H34N6O5/c1-19-8-9-20-21(34(19)28(38)39-2)10-11-22-27(20)30-23(12-16-31-14-4-3-6-25(31)36)33(22)18-24(35)29-13-17-32-15-5-7-26(32)37/h3-4,6,10-11,14,19H,5,7-9,12-13,15-18H2,1-2H3,(H,29,35)/t19-/m0/s1. The van der Waals surface area contributed by atoms with Crippen LogP contribution in [0.4, 0.5) is 10.5 Å². The van der Waals surface area contributed by atoms with Crippen molar-refractivity contribution in [3.63, 3.8) is 0 Å². The van der Waals surface area contributed by atoms with Gasteiger partial charge in [0.15, 0.2) is 0 Å². The van der Waals surface area contributed by atoms with Gasteiger partial charge in [-0.3, -0.25) is 19.3 Å². The molecule has 1 N–H and O–H groups in total. The lowest BCUT2D eigenvalue weighted by Crippen LogP contribution is -2.42. The Kier molecular flexibility index (Phi) is 7.67. The monoisotopic (exact) mass is 534 g/mol. The Morgan fingerprint density at radius 1 is 1.13 bits per heavy atom. The fraction of sp³-hybridized carbons (Fsp3) is 0.464. The zero-order valence-electron chi connectivity index (χ0n) is 22.4. The quantitative estimate of drug-likeness (QED) is 0.473. The molecule has 0 radical (unpaired) electrons. The number of aryl methyl sites for hydroxylation is 3. The molecular formula is C28H34N6O5. The summed E-state index contributed by atoms with van der Waals surface area (Å²) in [6, 6.07) is 8.80. The third-order valence-electron chi connectivity index (χ3n) is 7.62. The number of ether oxygens (including phenoxy) is 1. The molecule has 11 nitrogen and oxygen atoms in total. The average Bonchev–Trinajstić information content (AvgIpc) is 3.50. The van der Waals surface area contributed by atoms with Crippen LogP contribution < -0.4 is 15.8 Å². The molecule has 1 fully saturated rings. The number of nitrogens with one attached hydrogen (secondary N) is 1. The van der Waals surface area contributed by atoms with Gasteiger partial charge in [-0.15, -0.1) is 0 Å². The van der Waals surface area contributed by atoms with E-state index >= 15 is 0 Å². The lowest BCUT2D eigenvalue weighted by Gasteiger charge is -2.34. The van der Waals surface area contributed by atoms with Crippen molar-refractivity contribution in [3.8, 4) is 0 Å². The lowest BCUT2D eigenvalue weighted by atomic mass is 9.96. The van der Waals surface area contributed by atoms with E-state index in [1.165, 1.54) is 13.2 Å². The molecule has 3 aromatic rings. The van der Waals surface area contributed by atoms with Gasteiger partial charge in [0.2, 0.25) is 11.8 Å². The number of pyridine rings is 1. The molecule has 2 aliphatic rings. The molecule has 11 heteroatoms. The molecule has 2 aliphatic heterocycles. The number of aromatic nitrogens is 3. The molecule has 5 rings (SSSR count). The summed E-state index contributed by atoms with van der Waals surface area (Å²) in [4.78, 5) is 58.1. The van der Waals surface area contributed by atoms with Crippen LogP contribution in [-0.4, -0.2) is 69.7 Å². The van der Waals surface area contributed by atoms with Gasteiger partial charge in [-0.25, -0.2) is 9.78 Å². The molecule has 0 bridgehead atoms. The van der Waals surface area contributed by atoms with E-state index in [0.717, 1.165) is 48.1 Å². The Morgan fingerprint density at radius 3 is 2.72 bits per heavy atom. The van der Waals surface area contributed by atoms with Crippen molar-refractivity contribution < 1.29 is 19.1 Å². The van der Waals surface area contributed by atoms with E-state index < -0.39 is 6.09 Å². The summed E-state index contributed by atoms with van der Waals surface area (Å²) < 4.78 is 8.55. The molecular weight excluding hydrogens is 500 g/mol. The Morgan fingerprint density at radius 2 is 1.97 bits per heavy atom. The number of likely N-dealkylation sites (tertiary alicyclic amines) is 1. The summed E-state index contributed by atoms with van der Waals surface area (Å²) in [5.74, 6) is 0.632. The predicted octanol–water partition coefficient (Wildman–Crippen LogP) is 2.09. The number of carbonyl (C=O) groups is 3. The van der Waals surface area contributed by atoms with Crippen LogP contribution in [0.25, 0.3) is 11.0 Å². The Balaban J connectivity index is 1.44. The number of hydrogen-bond acceptors (Lipinski definition) is 6. The third-order valence-corrected chi connectivity index (χ3v) is 7.62. The minimum atomic E-state index is -0.415. The normalized spacial score (nSPS) is 17.0. The van der Waals surface area contributed by atoms with Crippen LogP contribution in [0.1, 0.15) is 37.6 Å². The molecule has 3 amide bonds. The maximum Gasteiger partial charge on any atom is 0.414 e. The van der Waals surface area contributed by atoms with Crippen LogP contribution in [-0.2, 0) is 40.3 Å². The fourth-order valence-electron chi connectivity index (χ4n) is 5.56. The first kappa shape index (κ1) is 26.5. The number of methoxy groups -OCH3 is 1. The van der Waals surface area contributed by atoms with Crippen molar-refractivity contribution in [1.82, 2.24) is 24.3 Å². The number of fused-ring (bicyclic) bond motifs is 3. The fourth-order valence-corrected chi connectivity index (χ4v) is 5.56. The molecule has 1 aromatic carbocycles. The van der Waals surface area contributed by atoms with Gasteiger partial charge < -0.3 is 24.1 Å². The molecule has 206 valence electrons. The summed E-state index contributed by atoms with van der Waals surface area (Å²) in [7, 11) is 1.37. The molecule has 0 saturated carbocycles. The Labute approximate surface area is 226 Å². The predicted molar refractivity (Wildman–Crippen MR) is 146 cm³/mol. The topological polar surface area (TPSA) is 119 Å². The van der Waals surface area contributed by atoms with Crippen molar-refractivity contribution in [1.29, 1.82) is 0 Å². The number of rotatable bonds is 8. The second-order valence-electron chi connectivity index (χ2n) is 10.1. The van der Waals surface area contributed by atoms with Gasteiger partial charge in [-0.05, 0) is 44.4 Å². The van der Waals surface area contributed by atoms with Crippen LogP contribution in [0, 0.1) is 0 Å². The van der Waals surface area contributed by atoms with Gasteiger partial charge in [0, 0.05) is 62.9 Å². The van der Waals surface area contributed by atoms with Crippen LogP contribution in [0.3, 0.4) is 0 Å². The summed E-state index contributed by atoms with van der Waals surface area (Å²) in [5.41, 5.74) is 3.16. The summed E-state index contributed by atoms with van der Waals surface area (Å²) in [6.45, 7) is 4.07. The van der Waals surface area contributed by atoms with Gasteiger partial charge in [-0.1, -0.05) is 6.07 Å². The number of carbonyl (C=O) groups excluding carboxylic acids is 3. The van der Waals surface area contributed by atoms with E-state index in [1.54, 1.807) is 26.6 Å². The van der Waals surface area contributed by atoms with Crippen molar-refractivity contribution in [3.05, 3.63) is 58.3 Å². The van der Waals surface area contributed by atoms with E-state index in [4.69, 9.17) is 9.72 Å². The first-order valence-electron chi connectivity index (χ1n) is 13.5. The maximum atomic E-state index is 13.0. The van der Waals surface area contributed by atoms with Crippen molar-refractivity contribution in [2.24, 2.45) is 0 Å². The van der Waals surface area contributed by atoms with Gasteiger partial charge in [0.05, 0.1) is 23.8 Å². The highest BCUT2D eigenvalue weighted by Crippen LogP contribution is 2.36. The average molecular weight is 535 g/mol.